The molecule has 1 aromatic carbocycles. The molecule has 3 N–H and O–H groups in total. The summed E-state index contributed by atoms with van der Waals surface area (Å²) in [6, 6.07) is 8.49. The molecule has 3 rings (SSSR count). The lowest BCUT2D eigenvalue weighted by molar-refractivity contribution is -0.117. The fourth-order valence-electron chi connectivity index (χ4n) is 1.78. The zero-order valence-corrected chi connectivity index (χ0v) is 10.2. The van der Waals surface area contributed by atoms with Gasteiger partial charge in [0.2, 0.25) is 11.8 Å². The highest BCUT2D eigenvalue weighted by atomic mass is 16.4. The average Bonchev–Trinajstić information content (AvgIpc) is 3.20. The molecule has 0 aliphatic heterocycles. The van der Waals surface area contributed by atoms with Crippen molar-refractivity contribution in [2.24, 2.45) is 5.73 Å². The number of aromatic nitrogens is 2. The van der Waals surface area contributed by atoms with Gasteiger partial charge in [-0.3, -0.25) is 10.1 Å². The highest BCUT2D eigenvalue weighted by molar-refractivity contribution is 5.93. The lowest BCUT2D eigenvalue weighted by Crippen LogP contribution is -2.27. The number of rotatable bonds is 4. The molecule has 1 amide bonds. The van der Waals surface area contributed by atoms with Crippen molar-refractivity contribution >= 4 is 11.9 Å². The Hall–Kier alpha value is -2.21. The van der Waals surface area contributed by atoms with E-state index in [9.17, 15) is 4.79 Å². The van der Waals surface area contributed by atoms with E-state index in [-0.39, 0.29) is 11.9 Å². The van der Waals surface area contributed by atoms with Crippen molar-refractivity contribution in [3.05, 3.63) is 41.8 Å². The minimum Gasteiger partial charge on any atom is -0.408 e. The quantitative estimate of drug-likeness (QED) is 0.868. The van der Waals surface area contributed by atoms with Crippen LogP contribution in [0.5, 0.6) is 0 Å². The molecule has 6 heteroatoms. The number of benzene rings is 1. The Bertz CT molecular complexity index is 577. The summed E-state index contributed by atoms with van der Waals surface area (Å²) < 4.78 is 5.35. The van der Waals surface area contributed by atoms with E-state index in [1.165, 1.54) is 0 Å². The van der Waals surface area contributed by atoms with Gasteiger partial charge in [0.1, 0.15) is 6.04 Å². The lowest BCUT2D eigenvalue weighted by Gasteiger charge is -2.09. The SMILES string of the molecule is NC(C(=O)Nc1nnc(C2CC2)o1)c1ccccc1. The molecule has 1 fully saturated rings. The van der Waals surface area contributed by atoms with Crippen molar-refractivity contribution in [1.29, 1.82) is 0 Å². The summed E-state index contributed by atoms with van der Waals surface area (Å²) in [5.74, 6) is 0.585. The third-order valence-corrected chi connectivity index (χ3v) is 3.04. The van der Waals surface area contributed by atoms with Crippen LogP contribution >= 0.6 is 0 Å². The molecular weight excluding hydrogens is 244 g/mol. The van der Waals surface area contributed by atoms with E-state index in [1.54, 1.807) is 12.1 Å². The monoisotopic (exact) mass is 258 g/mol. The second-order valence-corrected chi connectivity index (χ2v) is 4.60. The van der Waals surface area contributed by atoms with Crippen LogP contribution in [0.15, 0.2) is 34.7 Å². The van der Waals surface area contributed by atoms with Gasteiger partial charge in [0.05, 0.1) is 0 Å². The number of carbonyl (C=O) groups is 1. The van der Waals surface area contributed by atoms with Crippen molar-refractivity contribution in [3.8, 4) is 0 Å². The molecule has 1 heterocycles. The van der Waals surface area contributed by atoms with E-state index < -0.39 is 6.04 Å². The zero-order chi connectivity index (χ0) is 13.2. The Kier molecular flexibility index (Phi) is 3.00. The predicted octanol–water partition coefficient (Wildman–Crippen LogP) is 1.59. The summed E-state index contributed by atoms with van der Waals surface area (Å²) in [4.78, 5) is 11.9. The summed E-state index contributed by atoms with van der Waals surface area (Å²) >= 11 is 0. The number of carbonyl (C=O) groups excluding carboxylic acids is 1. The van der Waals surface area contributed by atoms with Gasteiger partial charge >= 0.3 is 6.01 Å². The number of hydrogen-bond acceptors (Lipinski definition) is 5. The maximum atomic E-state index is 11.9. The van der Waals surface area contributed by atoms with Crippen LogP contribution in [0, 0.1) is 0 Å². The maximum Gasteiger partial charge on any atom is 0.322 e. The second-order valence-electron chi connectivity index (χ2n) is 4.60. The molecule has 98 valence electrons. The van der Waals surface area contributed by atoms with Gasteiger partial charge in [0.15, 0.2) is 0 Å². The molecule has 0 bridgehead atoms. The largest absolute Gasteiger partial charge is 0.408 e. The van der Waals surface area contributed by atoms with Crippen LogP contribution in [0.25, 0.3) is 0 Å². The van der Waals surface area contributed by atoms with Crippen molar-refractivity contribution < 1.29 is 9.21 Å². The van der Waals surface area contributed by atoms with Crippen molar-refractivity contribution in [3.63, 3.8) is 0 Å². The summed E-state index contributed by atoms with van der Waals surface area (Å²) in [6.45, 7) is 0. The van der Waals surface area contributed by atoms with E-state index in [1.807, 2.05) is 18.2 Å². The normalized spacial score (nSPS) is 16.1. The summed E-state index contributed by atoms with van der Waals surface area (Å²) in [7, 11) is 0. The first-order valence-electron chi connectivity index (χ1n) is 6.19. The Morgan fingerprint density at radius 1 is 1.32 bits per heavy atom. The average molecular weight is 258 g/mol. The molecule has 6 nitrogen and oxygen atoms in total. The molecule has 0 radical (unpaired) electrons. The van der Waals surface area contributed by atoms with E-state index in [0.717, 1.165) is 18.4 Å². The topological polar surface area (TPSA) is 94.0 Å². The Morgan fingerprint density at radius 3 is 2.74 bits per heavy atom. The summed E-state index contributed by atoms with van der Waals surface area (Å²) in [5, 5.41) is 10.2. The molecule has 0 spiro atoms. The molecule has 1 saturated carbocycles. The molecule has 1 atom stereocenters. The van der Waals surface area contributed by atoms with Crippen LogP contribution in [0.1, 0.15) is 36.3 Å². The van der Waals surface area contributed by atoms with Gasteiger partial charge in [-0.05, 0) is 18.4 Å². The van der Waals surface area contributed by atoms with Gasteiger partial charge in [-0.2, -0.15) is 0 Å². The first-order valence-corrected chi connectivity index (χ1v) is 6.19. The third kappa shape index (κ3) is 2.63. The van der Waals surface area contributed by atoms with Gasteiger partial charge in [0.25, 0.3) is 0 Å². The van der Waals surface area contributed by atoms with Crippen molar-refractivity contribution in [1.82, 2.24) is 10.2 Å². The highest BCUT2D eigenvalue weighted by Gasteiger charge is 2.29. The fraction of sp³-hybridized carbons (Fsp3) is 0.308. The van der Waals surface area contributed by atoms with E-state index in [2.05, 4.69) is 15.5 Å². The van der Waals surface area contributed by atoms with Crippen molar-refractivity contribution in [2.75, 3.05) is 5.32 Å². The number of nitrogens with two attached hydrogens (primary N) is 1. The molecule has 1 aliphatic carbocycles. The Morgan fingerprint density at radius 2 is 2.05 bits per heavy atom. The minimum absolute atomic E-state index is 0.110. The summed E-state index contributed by atoms with van der Waals surface area (Å²) in [6.07, 6.45) is 2.14. The van der Waals surface area contributed by atoms with Crippen molar-refractivity contribution in [2.45, 2.75) is 24.8 Å². The molecule has 1 unspecified atom stereocenters. The second kappa shape index (κ2) is 4.81. The van der Waals surface area contributed by atoms with Crippen LogP contribution in [0.2, 0.25) is 0 Å². The number of hydrogen-bond donors (Lipinski definition) is 2. The van der Waals surface area contributed by atoms with Gasteiger partial charge in [-0.15, -0.1) is 5.10 Å². The van der Waals surface area contributed by atoms with Crippen LogP contribution in [-0.2, 0) is 4.79 Å². The van der Waals surface area contributed by atoms with Gasteiger partial charge < -0.3 is 10.2 Å². The van der Waals surface area contributed by atoms with Crippen LogP contribution < -0.4 is 11.1 Å². The highest BCUT2D eigenvalue weighted by Crippen LogP contribution is 2.39. The molecule has 1 aromatic heterocycles. The van der Waals surface area contributed by atoms with E-state index in [4.69, 9.17) is 10.2 Å². The molecule has 19 heavy (non-hydrogen) atoms. The minimum atomic E-state index is -0.752. The van der Waals surface area contributed by atoms with Gasteiger partial charge in [-0.25, -0.2) is 0 Å². The standard InChI is InChI=1S/C13H14N4O2/c14-10(8-4-2-1-3-5-8)11(18)15-13-17-16-12(19-13)9-6-7-9/h1-5,9-10H,6-7,14H2,(H,15,17,18). The Balaban J connectivity index is 1.66. The molecular formula is C13H14N4O2. The van der Waals surface area contributed by atoms with Crippen LogP contribution in [0.3, 0.4) is 0 Å². The molecule has 0 saturated heterocycles. The van der Waals surface area contributed by atoms with Gasteiger partial charge in [0, 0.05) is 5.92 Å². The van der Waals surface area contributed by atoms with E-state index in [0.29, 0.717) is 11.8 Å². The van der Waals surface area contributed by atoms with E-state index >= 15 is 0 Å². The number of amides is 1. The maximum absolute atomic E-state index is 11.9. The first-order chi connectivity index (χ1) is 9.24. The number of nitrogens with one attached hydrogen (secondary N) is 1. The zero-order valence-electron chi connectivity index (χ0n) is 10.2. The van der Waals surface area contributed by atoms with Crippen LogP contribution in [-0.4, -0.2) is 16.1 Å². The smallest absolute Gasteiger partial charge is 0.322 e. The molecule has 1 aliphatic rings. The lowest BCUT2D eigenvalue weighted by atomic mass is 10.1. The Labute approximate surface area is 110 Å². The summed E-state index contributed by atoms with van der Waals surface area (Å²) in [5.41, 5.74) is 6.60. The van der Waals surface area contributed by atoms with Crippen LogP contribution in [0.4, 0.5) is 6.01 Å². The number of anilines is 1. The van der Waals surface area contributed by atoms with Gasteiger partial charge in [-0.1, -0.05) is 35.4 Å². The fourth-order valence-corrected chi connectivity index (χ4v) is 1.78. The molecule has 2 aromatic rings. The number of nitrogens with zero attached hydrogens (tertiary/aromatic N) is 2. The predicted molar refractivity (Wildman–Crippen MR) is 68.3 cm³/mol. The third-order valence-electron chi connectivity index (χ3n) is 3.04. The first kappa shape index (κ1) is 11.9.